The summed E-state index contributed by atoms with van der Waals surface area (Å²) < 4.78 is 10.1. The number of aliphatic carboxylic acids is 2. The minimum atomic E-state index is -0.726. The first-order valence-corrected chi connectivity index (χ1v) is 37.2. The zero-order chi connectivity index (χ0) is 78.1. The summed E-state index contributed by atoms with van der Waals surface area (Å²) in [7, 11) is 0. The van der Waals surface area contributed by atoms with Crippen LogP contribution in [0, 0.1) is 40.5 Å². The highest BCUT2D eigenvalue weighted by molar-refractivity contribution is 6.02. The molecule has 2 saturated heterocycles. The van der Waals surface area contributed by atoms with Crippen molar-refractivity contribution in [1.82, 2.24) is 20.1 Å². The van der Waals surface area contributed by atoms with Crippen LogP contribution >= 0.6 is 0 Å². The molecule has 8 N–H and O–H groups in total. The highest BCUT2D eigenvalue weighted by Crippen LogP contribution is 2.30. The third kappa shape index (κ3) is 25.5. The van der Waals surface area contributed by atoms with Crippen LogP contribution in [0.25, 0.3) is 55.5 Å². The lowest BCUT2D eigenvalue weighted by atomic mass is 10.1. The zero-order valence-electron chi connectivity index (χ0n) is 63.0. The topological polar surface area (TPSA) is 346 Å². The van der Waals surface area contributed by atoms with Gasteiger partial charge in [0, 0.05) is 124 Å². The van der Waals surface area contributed by atoms with Crippen molar-refractivity contribution < 1.29 is 78.3 Å². The number of hydrogen-bond acceptors (Lipinski definition) is 16. The number of nitrogens with one attached hydrogen (secondary N) is 2. The Labute approximate surface area is 626 Å². The minimum absolute atomic E-state index is 0.00858. The van der Waals surface area contributed by atoms with Crippen molar-refractivity contribution in [2.24, 2.45) is 0 Å². The van der Waals surface area contributed by atoms with E-state index in [-0.39, 0.29) is 63.2 Å². The smallest absolute Gasteiger partial charge is 0.333 e. The van der Waals surface area contributed by atoms with Crippen molar-refractivity contribution in [3.63, 3.8) is 0 Å². The van der Waals surface area contributed by atoms with Gasteiger partial charge in [0.2, 0.25) is 45.3 Å². The number of nitrogen functional groups attached to an aromatic ring is 2. The molecule has 0 spiro atoms. The first kappa shape index (κ1) is 81.4. The Bertz CT molecular complexity index is 4240. The molecule has 10 rings (SSSR count). The summed E-state index contributed by atoms with van der Waals surface area (Å²) in [6.45, 7) is 8.00. The van der Waals surface area contributed by atoms with Crippen LogP contribution in [0.15, 0.2) is 109 Å². The van der Waals surface area contributed by atoms with Gasteiger partial charge in [-0.3, -0.25) is 38.4 Å². The summed E-state index contributed by atoms with van der Waals surface area (Å²) in [6, 6.07) is 36.5. The number of benzene rings is 6. The molecule has 0 bridgehead atoms. The van der Waals surface area contributed by atoms with Gasteiger partial charge in [0.1, 0.15) is 23.4 Å². The molecule has 107 heavy (non-hydrogen) atoms. The number of anilines is 4. The Hall–Kier alpha value is -11.2. The molecule has 0 atom stereocenters. The monoisotopic (exact) mass is 1460 g/mol. The normalized spacial score (nSPS) is 12.6. The predicted molar refractivity (Wildman–Crippen MR) is 411 cm³/mol. The van der Waals surface area contributed by atoms with Gasteiger partial charge < -0.3 is 42.0 Å². The summed E-state index contributed by atoms with van der Waals surface area (Å²) in [5.41, 5.74) is 28.6. The van der Waals surface area contributed by atoms with Crippen LogP contribution in [0.4, 0.5) is 22.7 Å². The number of unbranched alkanes of at least 4 members (excludes halogenated alkanes) is 18. The third-order valence-electron chi connectivity index (χ3n) is 18.6. The number of carboxylic acid groups (broad SMARTS) is 2. The van der Waals surface area contributed by atoms with Gasteiger partial charge in [-0.05, 0) is 113 Å². The molecular weight excluding hydrogens is 1360 g/mol. The Morgan fingerprint density at radius 1 is 0.421 bits per heavy atom. The lowest BCUT2D eigenvalue weighted by Gasteiger charge is -2.12. The van der Waals surface area contributed by atoms with Crippen LogP contribution in [-0.4, -0.2) is 89.6 Å². The number of carbonyl (C=O) groups excluding carboxylic acids is 8. The molecule has 6 amide bonds. The molecular formula is C83H102N10O14+2. The first-order chi connectivity index (χ1) is 52.0. The van der Waals surface area contributed by atoms with E-state index >= 15 is 0 Å². The number of hydroxylamine groups is 4. The number of fused-ring (bicyclic) bond motifs is 4. The average molecular weight is 1460 g/mol. The molecule has 566 valence electrons. The van der Waals surface area contributed by atoms with Crippen molar-refractivity contribution in [3.05, 3.63) is 131 Å². The van der Waals surface area contributed by atoms with Crippen molar-refractivity contribution in [3.8, 4) is 24.2 Å². The van der Waals surface area contributed by atoms with Crippen LogP contribution in [0.3, 0.4) is 0 Å². The number of aromatic nitrogens is 4. The van der Waals surface area contributed by atoms with E-state index < -0.39 is 47.5 Å². The standard InChI is InChI=1S/C51H52N8O2.C19H26N2O8.C11H20O4.C2H2/c1-32-24-42-46(28-38(32)52)58(36-18-12-10-13-19-36)48-30-40(34(3)26-44(48)54-42)56-50(60)22-16-8-6-5-7-9-17-23-51(61)57-41-31-49-45(27-35(41)4)55-43-25-33(2)39(53)29-47(43)59(49)37-20-14-11-15-21-37;22-14-10-11-15(23)20(14)28-18(26)8-6-4-2-1-3-5-7-9-19(27)29-21-16(24)12-13-17(21)25;12-10(13)8-6-4-2-1-3-5-7-9-11(14)15;1-2/h10-15,18-21,24-31H,5-9,16-17,22-23H2,1-4H3,(H4,52,53,56,57,60,61);1-13H2;1-9H2,(H,12,13)(H,14,15);1-2H/p+2/i;;;1D. The van der Waals surface area contributed by atoms with Crippen LogP contribution < -0.4 is 31.2 Å². The van der Waals surface area contributed by atoms with E-state index in [2.05, 4.69) is 50.5 Å². The number of carbonyl (C=O) groups is 10. The fourth-order valence-electron chi connectivity index (χ4n) is 12.7. The van der Waals surface area contributed by atoms with Gasteiger partial charge in [0.05, 0.1) is 11.4 Å². The van der Waals surface area contributed by atoms with Crippen LogP contribution in [-0.2, 0) is 57.6 Å². The van der Waals surface area contributed by atoms with Gasteiger partial charge >= 0.3 is 23.9 Å². The maximum atomic E-state index is 13.2. The quantitative estimate of drug-likeness (QED) is 0.00530. The molecule has 24 nitrogen and oxygen atoms in total. The molecule has 2 aliphatic heterocycles. The van der Waals surface area contributed by atoms with E-state index in [1.54, 1.807) is 0 Å². The van der Waals surface area contributed by atoms with E-state index in [0.717, 1.165) is 211 Å². The Kier molecular flexibility index (Phi) is 32.5. The number of terminal acetylenes is 1. The maximum Gasteiger partial charge on any atom is 0.333 e. The Morgan fingerprint density at radius 3 is 0.981 bits per heavy atom. The number of hydrogen-bond donors (Lipinski definition) is 6. The number of imide groups is 2. The summed E-state index contributed by atoms with van der Waals surface area (Å²) in [6.07, 6.45) is 26.9. The van der Waals surface area contributed by atoms with E-state index in [9.17, 15) is 47.9 Å². The second-order valence-corrected chi connectivity index (χ2v) is 27.2. The molecule has 0 aliphatic carbocycles. The van der Waals surface area contributed by atoms with Gasteiger partial charge in [-0.25, -0.2) is 19.6 Å². The summed E-state index contributed by atoms with van der Waals surface area (Å²) >= 11 is 0. The summed E-state index contributed by atoms with van der Waals surface area (Å²) in [5.74, 6) is -4.52. The number of aryl methyl sites for hydroxylation is 4. The number of nitrogens with zero attached hydrogens (tertiary/aromatic N) is 6. The van der Waals surface area contributed by atoms with E-state index in [4.69, 9.17) is 42.7 Å². The number of nitrogens with two attached hydrogens (primary N) is 2. The summed E-state index contributed by atoms with van der Waals surface area (Å²) in [4.78, 5) is 135. The largest absolute Gasteiger partial charge is 0.481 e. The van der Waals surface area contributed by atoms with Crippen LogP contribution in [0.2, 0.25) is 0 Å². The van der Waals surface area contributed by atoms with E-state index in [1.165, 1.54) is 6.40 Å². The van der Waals surface area contributed by atoms with E-state index in [0.29, 0.717) is 47.2 Å². The maximum absolute atomic E-state index is 13.2. The molecule has 4 heterocycles. The molecule has 2 fully saturated rings. The number of rotatable bonds is 36. The molecule has 8 aromatic rings. The highest BCUT2D eigenvalue weighted by Gasteiger charge is 2.34. The fourth-order valence-corrected chi connectivity index (χ4v) is 12.7. The molecule has 0 radical (unpaired) electrons. The Balaban J connectivity index is 0.000000284. The van der Waals surface area contributed by atoms with Gasteiger partial charge in [0.25, 0.3) is 23.6 Å². The highest BCUT2D eigenvalue weighted by atomic mass is 16.7. The van der Waals surface area contributed by atoms with Crippen molar-refractivity contribution in [1.29, 1.82) is 0 Å². The first-order valence-electron chi connectivity index (χ1n) is 37.7. The van der Waals surface area contributed by atoms with Crippen LogP contribution in [0.1, 0.15) is 223 Å². The third-order valence-corrected chi connectivity index (χ3v) is 18.6. The lowest BCUT2D eigenvalue weighted by Crippen LogP contribution is -2.33. The lowest BCUT2D eigenvalue weighted by molar-refractivity contribution is -0.538. The van der Waals surface area contributed by atoms with Crippen molar-refractivity contribution in [2.45, 2.75) is 227 Å². The minimum Gasteiger partial charge on any atom is -0.481 e. The molecule has 2 aliphatic rings. The number of para-hydroxylation sites is 2. The van der Waals surface area contributed by atoms with Gasteiger partial charge in [0.15, 0.2) is 0 Å². The second-order valence-electron chi connectivity index (χ2n) is 27.2. The van der Waals surface area contributed by atoms with Gasteiger partial charge in [-0.15, -0.1) is 32.1 Å². The van der Waals surface area contributed by atoms with Gasteiger partial charge in [-0.2, -0.15) is 0 Å². The molecule has 2 aromatic heterocycles. The number of amides is 6. The fraction of sp³-hybridized carbons (Fsp3) is 0.422. The SMILES string of the molecule is Cc1cc2nc3cc(C)c(NC(=O)CCCCCCCCCC(=O)Nc4cc5c(cc4C)nc4cc(C)c(N)cc4[n+]5-c4ccccc4)cc3[n+](-c3ccccc3)c2cc1N.O=C(CCCCCCCCCC(=O)ON1C(=O)CCC1=O)ON1C(=O)CCC1=O.O=C(O)CCCCCCCCCC(=O)O.[2H]C#C. The molecule has 0 saturated carbocycles. The Morgan fingerprint density at radius 2 is 0.682 bits per heavy atom. The predicted octanol–water partition coefficient (Wildman–Crippen LogP) is 14.8. The number of carboxylic acids is 2. The van der Waals surface area contributed by atoms with Crippen LogP contribution in [0.5, 0.6) is 0 Å². The van der Waals surface area contributed by atoms with Crippen molar-refractivity contribution in [2.75, 3.05) is 22.1 Å². The summed E-state index contributed by atoms with van der Waals surface area (Å²) in [5, 5.41) is 24.2. The molecule has 6 aromatic carbocycles. The second kappa shape index (κ2) is 42.7. The average Bonchev–Trinajstić information content (AvgIpc) is 1.04. The van der Waals surface area contributed by atoms with E-state index in [1.807, 2.05) is 113 Å². The van der Waals surface area contributed by atoms with Crippen molar-refractivity contribution >= 4 is 126 Å². The van der Waals surface area contributed by atoms with Gasteiger partial charge in [-0.1, -0.05) is 133 Å². The zero-order valence-corrected chi connectivity index (χ0v) is 62.0. The molecule has 0 unspecified atom stereocenters. The molecule has 24 heteroatoms.